The fraction of sp³-hybridized carbons (Fsp3) is 0.154. The largest absolute Gasteiger partial charge is 0.387 e. The molecule has 1 amide bonds. The number of anilines is 1. The van der Waals surface area contributed by atoms with Crippen molar-refractivity contribution in [3.05, 3.63) is 58.0 Å². The highest BCUT2D eigenvalue weighted by Gasteiger charge is 2.03. The van der Waals surface area contributed by atoms with Crippen LogP contribution < -0.4 is 16.6 Å². The van der Waals surface area contributed by atoms with Crippen LogP contribution in [0.25, 0.3) is 0 Å². The minimum Gasteiger partial charge on any atom is -0.387 e. The van der Waals surface area contributed by atoms with Gasteiger partial charge in [0.25, 0.3) is 5.56 Å². The Morgan fingerprint density at radius 3 is 2.58 bits per heavy atom. The third-order valence-electron chi connectivity index (χ3n) is 2.73. The predicted octanol–water partition coefficient (Wildman–Crippen LogP) is 0.432. The molecule has 2 rings (SSSR count). The molecular formula is C13H14N4O2. The Hall–Kier alpha value is -2.63. The second kappa shape index (κ2) is 5.34. The Morgan fingerprint density at radius 2 is 2.05 bits per heavy atom. The van der Waals surface area contributed by atoms with Crippen molar-refractivity contribution in [3.8, 4) is 0 Å². The van der Waals surface area contributed by atoms with Gasteiger partial charge in [-0.25, -0.2) is 4.68 Å². The number of nitrogens with zero attached hydrogens (tertiary/aromatic N) is 2. The van der Waals surface area contributed by atoms with Crippen LogP contribution in [-0.4, -0.2) is 22.7 Å². The summed E-state index contributed by atoms with van der Waals surface area (Å²) in [6.45, 7) is 0.349. The Bertz CT molecular complexity index is 646. The zero-order valence-electron chi connectivity index (χ0n) is 10.5. The standard InChI is InChI=1S/C13H14N4O2/c1-15-11-6-12(18)17(16-7-11)8-9-2-4-10(5-3-9)13(14)19/h2-7,15H,8H2,1H3,(H2,14,19). The van der Waals surface area contributed by atoms with Gasteiger partial charge in [0.15, 0.2) is 0 Å². The van der Waals surface area contributed by atoms with Gasteiger partial charge >= 0.3 is 0 Å². The van der Waals surface area contributed by atoms with E-state index in [1.54, 1.807) is 37.5 Å². The van der Waals surface area contributed by atoms with Crippen LogP contribution in [-0.2, 0) is 6.54 Å². The zero-order chi connectivity index (χ0) is 13.8. The average Bonchev–Trinajstić information content (AvgIpc) is 2.41. The van der Waals surface area contributed by atoms with E-state index in [1.807, 2.05) is 0 Å². The maximum atomic E-state index is 11.8. The number of rotatable bonds is 4. The summed E-state index contributed by atoms with van der Waals surface area (Å²) in [6, 6.07) is 8.24. The van der Waals surface area contributed by atoms with Crippen molar-refractivity contribution >= 4 is 11.6 Å². The van der Waals surface area contributed by atoms with Crippen molar-refractivity contribution in [1.29, 1.82) is 0 Å². The number of benzene rings is 1. The van der Waals surface area contributed by atoms with Crippen LogP contribution in [0.2, 0.25) is 0 Å². The lowest BCUT2D eigenvalue weighted by Gasteiger charge is -2.06. The van der Waals surface area contributed by atoms with Crippen molar-refractivity contribution in [2.45, 2.75) is 6.54 Å². The lowest BCUT2D eigenvalue weighted by molar-refractivity contribution is 0.100. The SMILES string of the molecule is CNc1cnn(Cc2ccc(C(N)=O)cc2)c(=O)c1. The Labute approximate surface area is 109 Å². The molecule has 98 valence electrons. The summed E-state index contributed by atoms with van der Waals surface area (Å²) < 4.78 is 1.35. The second-order valence-electron chi connectivity index (χ2n) is 4.05. The van der Waals surface area contributed by atoms with Crippen LogP contribution in [0.15, 0.2) is 41.3 Å². The smallest absolute Gasteiger partial charge is 0.269 e. The molecular weight excluding hydrogens is 244 g/mol. The van der Waals surface area contributed by atoms with E-state index >= 15 is 0 Å². The van der Waals surface area contributed by atoms with E-state index in [1.165, 1.54) is 10.7 Å². The first-order chi connectivity index (χ1) is 9.10. The summed E-state index contributed by atoms with van der Waals surface area (Å²) >= 11 is 0. The van der Waals surface area contributed by atoms with Gasteiger partial charge in [0.05, 0.1) is 18.4 Å². The number of hydrogen-bond donors (Lipinski definition) is 2. The van der Waals surface area contributed by atoms with Crippen molar-refractivity contribution in [2.75, 3.05) is 12.4 Å². The molecule has 0 spiro atoms. The van der Waals surface area contributed by atoms with E-state index in [2.05, 4.69) is 10.4 Å². The van der Waals surface area contributed by atoms with E-state index in [9.17, 15) is 9.59 Å². The molecule has 0 saturated carbocycles. The highest BCUT2D eigenvalue weighted by molar-refractivity contribution is 5.92. The molecule has 19 heavy (non-hydrogen) atoms. The van der Waals surface area contributed by atoms with Gasteiger partial charge in [-0.2, -0.15) is 5.10 Å². The molecule has 1 aromatic heterocycles. The monoisotopic (exact) mass is 258 g/mol. The third-order valence-corrected chi connectivity index (χ3v) is 2.73. The van der Waals surface area contributed by atoms with Crippen LogP contribution >= 0.6 is 0 Å². The quantitative estimate of drug-likeness (QED) is 0.832. The number of nitrogens with two attached hydrogens (primary N) is 1. The van der Waals surface area contributed by atoms with Crippen molar-refractivity contribution in [3.63, 3.8) is 0 Å². The van der Waals surface area contributed by atoms with Gasteiger partial charge < -0.3 is 11.1 Å². The van der Waals surface area contributed by atoms with Gasteiger partial charge in [0.1, 0.15) is 0 Å². The Morgan fingerprint density at radius 1 is 1.37 bits per heavy atom. The molecule has 1 heterocycles. The number of nitrogens with one attached hydrogen (secondary N) is 1. The van der Waals surface area contributed by atoms with E-state index < -0.39 is 5.91 Å². The molecule has 0 bridgehead atoms. The molecule has 0 saturated heterocycles. The number of amides is 1. The number of carbonyl (C=O) groups excluding carboxylic acids is 1. The lowest BCUT2D eigenvalue weighted by atomic mass is 10.1. The Balaban J connectivity index is 2.21. The molecule has 1 aromatic carbocycles. The first-order valence-corrected chi connectivity index (χ1v) is 5.74. The summed E-state index contributed by atoms with van der Waals surface area (Å²) in [4.78, 5) is 22.7. The fourth-order valence-corrected chi connectivity index (χ4v) is 1.64. The molecule has 0 aliphatic heterocycles. The highest BCUT2D eigenvalue weighted by Crippen LogP contribution is 2.05. The fourth-order valence-electron chi connectivity index (χ4n) is 1.64. The summed E-state index contributed by atoms with van der Waals surface area (Å²) in [7, 11) is 1.73. The van der Waals surface area contributed by atoms with Crippen molar-refractivity contribution in [2.24, 2.45) is 5.73 Å². The average molecular weight is 258 g/mol. The number of primary amides is 1. The first-order valence-electron chi connectivity index (χ1n) is 5.74. The van der Waals surface area contributed by atoms with Crippen LogP contribution in [0.5, 0.6) is 0 Å². The molecule has 0 unspecified atom stereocenters. The molecule has 3 N–H and O–H groups in total. The van der Waals surface area contributed by atoms with E-state index in [4.69, 9.17) is 5.73 Å². The van der Waals surface area contributed by atoms with Crippen molar-refractivity contribution < 1.29 is 4.79 Å². The van der Waals surface area contributed by atoms with Crippen LogP contribution in [0.1, 0.15) is 15.9 Å². The molecule has 6 nitrogen and oxygen atoms in total. The van der Waals surface area contributed by atoms with E-state index in [-0.39, 0.29) is 5.56 Å². The topological polar surface area (TPSA) is 90.0 Å². The molecule has 6 heteroatoms. The molecule has 2 aromatic rings. The molecule has 0 aliphatic rings. The molecule has 0 fully saturated rings. The van der Waals surface area contributed by atoms with E-state index in [0.29, 0.717) is 17.8 Å². The van der Waals surface area contributed by atoms with Crippen LogP contribution in [0, 0.1) is 0 Å². The van der Waals surface area contributed by atoms with Gasteiger partial charge in [-0.3, -0.25) is 9.59 Å². The Kier molecular flexibility index (Phi) is 3.61. The number of aromatic nitrogens is 2. The maximum Gasteiger partial charge on any atom is 0.269 e. The highest BCUT2D eigenvalue weighted by atomic mass is 16.1. The number of hydrogen-bond acceptors (Lipinski definition) is 4. The first kappa shape index (κ1) is 12.8. The minimum absolute atomic E-state index is 0.189. The third kappa shape index (κ3) is 2.98. The summed E-state index contributed by atoms with van der Waals surface area (Å²) in [5.41, 5.74) is 6.95. The molecule has 0 radical (unpaired) electrons. The molecule has 0 aliphatic carbocycles. The van der Waals surface area contributed by atoms with Gasteiger partial charge in [-0.05, 0) is 17.7 Å². The summed E-state index contributed by atoms with van der Waals surface area (Å²) in [6.07, 6.45) is 1.58. The minimum atomic E-state index is -0.472. The van der Waals surface area contributed by atoms with Gasteiger partial charge in [-0.15, -0.1) is 0 Å². The van der Waals surface area contributed by atoms with Crippen molar-refractivity contribution in [1.82, 2.24) is 9.78 Å². The summed E-state index contributed by atoms with van der Waals surface area (Å²) in [5.74, 6) is -0.472. The second-order valence-corrected chi connectivity index (χ2v) is 4.05. The van der Waals surface area contributed by atoms with Gasteiger partial charge in [0, 0.05) is 18.7 Å². The van der Waals surface area contributed by atoms with Gasteiger partial charge in [0.2, 0.25) is 5.91 Å². The number of carbonyl (C=O) groups is 1. The maximum absolute atomic E-state index is 11.8. The normalized spacial score (nSPS) is 10.2. The zero-order valence-corrected chi connectivity index (χ0v) is 10.5. The van der Waals surface area contributed by atoms with Crippen LogP contribution in [0.3, 0.4) is 0 Å². The van der Waals surface area contributed by atoms with Gasteiger partial charge in [-0.1, -0.05) is 12.1 Å². The summed E-state index contributed by atoms with van der Waals surface area (Å²) in [5, 5.41) is 6.90. The molecule has 0 atom stereocenters. The lowest BCUT2D eigenvalue weighted by Crippen LogP contribution is -2.22. The predicted molar refractivity (Wildman–Crippen MR) is 72.1 cm³/mol. The van der Waals surface area contributed by atoms with E-state index in [0.717, 1.165) is 5.56 Å². The van der Waals surface area contributed by atoms with Crippen LogP contribution in [0.4, 0.5) is 5.69 Å².